The molecule has 1 aromatic carbocycles. The van der Waals surface area contributed by atoms with E-state index < -0.39 is 6.10 Å². The Bertz CT molecular complexity index is 587. The second kappa shape index (κ2) is 5.23. The Labute approximate surface area is 124 Å². The SMILES string of the molecule is CC1(C)Cc2cccc(C(O)CCc3ccsc3)c2O1. The molecular formula is C17H20O2S. The fraction of sp³-hybridized carbons (Fsp3) is 0.412. The Morgan fingerprint density at radius 2 is 2.20 bits per heavy atom. The molecule has 1 aliphatic rings. The number of hydrogen-bond donors (Lipinski definition) is 1. The second-order valence-corrected chi connectivity index (χ2v) is 6.84. The standard InChI is InChI=1S/C17H20O2S/c1-17(2)10-13-4-3-5-14(16(13)19-17)15(18)7-6-12-8-9-20-11-12/h3-5,8-9,11,15,18H,6-7,10H2,1-2H3. The van der Waals surface area contributed by atoms with Crippen LogP contribution in [0.2, 0.25) is 0 Å². The van der Waals surface area contributed by atoms with Gasteiger partial charge in [-0.2, -0.15) is 11.3 Å². The van der Waals surface area contributed by atoms with Crippen LogP contribution in [0.4, 0.5) is 0 Å². The molecule has 1 unspecified atom stereocenters. The molecule has 0 bridgehead atoms. The van der Waals surface area contributed by atoms with Gasteiger partial charge in [-0.3, -0.25) is 0 Å². The first-order valence-electron chi connectivity index (χ1n) is 7.05. The molecule has 2 aromatic rings. The van der Waals surface area contributed by atoms with Gasteiger partial charge in [-0.05, 0) is 54.6 Å². The molecule has 1 atom stereocenters. The minimum atomic E-state index is -0.459. The van der Waals surface area contributed by atoms with Crippen molar-refractivity contribution in [2.24, 2.45) is 0 Å². The summed E-state index contributed by atoms with van der Waals surface area (Å²) in [5, 5.41) is 14.7. The highest BCUT2D eigenvalue weighted by molar-refractivity contribution is 7.07. The Hall–Kier alpha value is -1.32. The lowest BCUT2D eigenvalue weighted by molar-refractivity contribution is 0.124. The average molecular weight is 288 g/mol. The zero-order chi connectivity index (χ0) is 14.2. The van der Waals surface area contributed by atoms with E-state index >= 15 is 0 Å². The minimum absolute atomic E-state index is 0.161. The van der Waals surface area contributed by atoms with Crippen molar-refractivity contribution in [1.82, 2.24) is 0 Å². The van der Waals surface area contributed by atoms with Gasteiger partial charge in [-0.1, -0.05) is 18.2 Å². The maximum Gasteiger partial charge on any atom is 0.129 e. The lowest BCUT2D eigenvalue weighted by atomic mass is 9.97. The number of fused-ring (bicyclic) bond motifs is 1. The molecule has 0 aliphatic carbocycles. The van der Waals surface area contributed by atoms with Crippen molar-refractivity contribution in [3.05, 3.63) is 51.7 Å². The van der Waals surface area contributed by atoms with E-state index in [0.717, 1.165) is 30.6 Å². The van der Waals surface area contributed by atoms with Crippen molar-refractivity contribution < 1.29 is 9.84 Å². The lowest BCUT2D eigenvalue weighted by Crippen LogP contribution is -2.25. The molecule has 3 rings (SSSR count). The summed E-state index contributed by atoms with van der Waals surface area (Å²) < 4.78 is 6.03. The minimum Gasteiger partial charge on any atom is -0.487 e. The third-order valence-corrected chi connectivity index (χ3v) is 4.50. The first kappa shape index (κ1) is 13.7. The largest absolute Gasteiger partial charge is 0.487 e. The zero-order valence-corrected chi connectivity index (χ0v) is 12.7. The first-order chi connectivity index (χ1) is 9.55. The molecule has 0 radical (unpaired) electrons. The summed E-state index contributed by atoms with van der Waals surface area (Å²) in [4.78, 5) is 0. The van der Waals surface area contributed by atoms with E-state index in [4.69, 9.17) is 4.74 Å². The van der Waals surface area contributed by atoms with Gasteiger partial charge in [-0.25, -0.2) is 0 Å². The molecule has 1 N–H and O–H groups in total. The Morgan fingerprint density at radius 1 is 1.35 bits per heavy atom. The van der Waals surface area contributed by atoms with Gasteiger partial charge < -0.3 is 9.84 Å². The van der Waals surface area contributed by atoms with Crippen LogP contribution >= 0.6 is 11.3 Å². The van der Waals surface area contributed by atoms with Crippen LogP contribution in [0.5, 0.6) is 5.75 Å². The number of ether oxygens (including phenoxy) is 1. The third-order valence-electron chi connectivity index (χ3n) is 3.77. The molecular weight excluding hydrogens is 268 g/mol. The van der Waals surface area contributed by atoms with Gasteiger partial charge in [0, 0.05) is 12.0 Å². The van der Waals surface area contributed by atoms with E-state index in [1.54, 1.807) is 11.3 Å². The number of hydrogen-bond acceptors (Lipinski definition) is 3. The molecule has 1 aliphatic heterocycles. The van der Waals surface area contributed by atoms with Gasteiger partial charge in [0.1, 0.15) is 11.4 Å². The molecule has 0 saturated carbocycles. The monoisotopic (exact) mass is 288 g/mol. The van der Waals surface area contributed by atoms with Gasteiger partial charge in [0.15, 0.2) is 0 Å². The van der Waals surface area contributed by atoms with Crippen LogP contribution in [0, 0.1) is 0 Å². The van der Waals surface area contributed by atoms with Crippen LogP contribution in [-0.4, -0.2) is 10.7 Å². The van der Waals surface area contributed by atoms with Gasteiger partial charge in [0.05, 0.1) is 6.10 Å². The van der Waals surface area contributed by atoms with E-state index in [9.17, 15) is 5.11 Å². The zero-order valence-electron chi connectivity index (χ0n) is 11.9. The van der Waals surface area contributed by atoms with Gasteiger partial charge >= 0.3 is 0 Å². The van der Waals surface area contributed by atoms with E-state index in [0.29, 0.717) is 0 Å². The van der Waals surface area contributed by atoms with Crippen molar-refractivity contribution >= 4 is 11.3 Å². The normalized spacial score (nSPS) is 17.6. The summed E-state index contributed by atoms with van der Waals surface area (Å²) in [6.07, 6.45) is 2.08. The molecule has 1 aromatic heterocycles. The number of benzene rings is 1. The van der Waals surface area contributed by atoms with E-state index in [1.807, 2.05) is 12.1 Å². The summed E-state index contributed by atoms with van der Waals surface area (Å²) in [7, 11) is 0. The molecule has 3 heteroatoms. The van der Waals surface area contributed by atoms with Gasteiger partial charge in [-0.15, -0.1) is 0 Å². The van der Waals surface area contributed by atoms with Crippen molar-refractivity contribution in [3.8, 4) is 5.75 Å². The number of aliphatic hydroxyl groups is 1. The summed E-state index contributed by atoms with van der Waals surface area (Å²) in [6, 6.07) is 8.22. The summed E-state index contributed by atoms with van der Waals surface area (Å²) in [6.45, 7) is 4.18. The van der Waals surface area contributed by atoms with Crippen LogP contribution < -0.4 is 4.74 Å². The van der Waals surface area contributed by atoms with Crippen LogP contribution in [-0.2, 0) is 12.8 Å². The Kier molecular flexibility index (Phi) is 3.57. The van der Waals surface area contributed by atoms with Crippen LogP contribution in [0.1, 0.15) is 43.1 Å². The molecule has 106 valence electrons. The number of para-hydroxylation sites is 1. The average Bonchev–Trinajstić information content (AvgIpc) is 3.00. The smallest absolute Gasteiger partial charge is 0.129 e. The van der Waals surface area contributed by atoms with Crippen LogP contribution in [0.25, 0.3) is 0 Å². The number of aryl methyl sites for hydroxylation is 1. The fourth-order valence-electron chi connectivity index (χ4n) is 2.80. The summed E-state index contributed by atoms with van der Waals surface area (Å²) >= 11 is 1.70. The Morgan fingerprint density at radius 3 is 2.95 bits per heavy atom. The van der Waals surface area contributed by atoms with Gasteiger partial charge in [0.25, 0.3) is 0 Å². The first-order valence-corrected chi connectivity index (χ1v) is 7.99. The molecule has 20 heavy (non-hydrogen) atoms. The maximum absolute atomic E-state index is 10.5. The maximum atomic E-state index is 10.5. The highest BCUT2D eigenvalue weighted by Gasteiger charge is 2.32. The molecule has 0 amide bonds. The number of aliphatic hydroxyl groups excluding tert-OH is 1. The molecule has 0 fully saturated rings. The topological polar surface area (TPSA) is 29.5 Å². The fourth-order valence-corrected chi connectivity index (χ4v) is 3.50. The van der Waals surface area contributed by atoms with Crippen molar-refractivity contribution in [2.45, 2.75) is 44.8 Å². The number of rotatable bonds is 4. The van der Waals surface area contributed by atoms with Crippen LogP contribution in [0.3, 0.4) is 0 Å². The molecule has 0 spiro atoms. The predicted octanol–water partition coefficient (Wildman–Crippen LogP) is 4.13. The quantitative estimate of drug-likeness (QED) is 0.916. The molecule has 2 heterocycles. The predicted molar refractivity (Wildman–Crippen MR) is 82.5 cm³/mol. The van der Waals surface area contributed by atoms with E-state index in [2.05, 4.69) is 36.7 Å². The second-order valence-electron chi connectivity index (χ2n) is 6.06. The van der Waals surface area contributed by atoms with Crippen molar-refractivity contribution in [3.63, 3.8) is 0 Å². The van der Waals surface area contributed by atoms with Crippen LogP contribution in [0.15, 0.2) is 35.0 Å². The molecule has 2 nitrogen and oxygen atoms in total. The Balaban J connectivity index is 1.76. The van der Waals surface area contributed by atoms with Crippen molar-refractivity contribution in [1.29, 1.82) is 0 Å². The molecule has 0 saturated heterocycles. The number of thiophene rings is 1. The van der Waals surface area contributed by atoms with E-state index in [1.165, 1.54) is 11.1 Å². The third kappa shape index (κ3) is 2.74. The highest BCUT2D eigenvalue weighted by Crippen LogP contribution is 2.40. The highest BCUT2D eigenvalue weighted by atomic mass is 32.1. The van der Waals surface area contributed by atoms with Gasteiger partial charge in [0.2, 0.25) is 0 Å². The summed E-state index contributed by atoms with van der Waals surface area (Å²) in [5.41, 5.74) is 3.28. The lowest BCUT2D eigenvalue weighted by Gasteiger charge is -2.20. The van der Waals surface area contributed by atoms with Crippen molar-refractivity contribution in [2.75, 3.05) is 0 Å². The summed E-state index contributed by atoms with van der Waals surface area (Å²) in [5.74, 6) is 0.898. The van der Waals surface area contributed by atoms with E-state index in [-0.39, 0.29) is 5.60 Å².